The topological polar surface area (TPSA) is 89.9 Å². The van der Waals surface area contributed by atoms with E-state index in [1.165, 1.54) is 19.4 Å². The lowest BCUT2D eigenvalue weighted by atomic mass is 9.33. The van der Waals surface area contributed by atoms with E-state index in [1.807, 2.05) is 0 Å². The summed E-state index contributed by atoms with van der Waals surface area (Å²) in [6.07, 6.45) is 8.62. The van der Waals surface area contributed by atoms with Crippen LogP contribution in [0.15, 0.2) is 11.6 Å². The Morgan fingerprint density at radius 1 is 0.875 bits per heavy atom. The van der Waals surface area contributed by atoms with Crippen molar-refractivity contribution in [2.45, 2.75) is 126 Å². The first-order chi connectivity index (χ1) is 18.5. The predicted octanol–water partition coefficient (Wildman–Crippen LogP) is 7.20. The molecule has 1 N–H and O–H groups in total. The molecule has 4 saturated carbocycles. The van der Waals surface area contributed by atoms with Crippen molar-refractivity contribution in [3.8, 4) is 0 Å². The summed E-state index contributed by atoms with van der Waals surface area (Å²) in [6.45, 7) is 19.2. The monoisotopic (exact) mass is 556 g/mol. The van der Waals surface area contributed by atoms with Gasteiger partial charge in [-0.1, -0.05) is 60.1 Å². The number of ether oxygens (including phenoxy) is 2. The molecule has 6 heteroatoms. The van der Waals surface area contributed by atoms with Crippen LogP contribution in [0.25, 0.3) is 0 Å². The lowest BCUT2D eigenvalue weighted by Gasteiger charge is -2.71. The molecule has 40 heavy (non-hydrogen) atoms. The quantitative estimate of drug-likeness (QED) is 0.292. The maximum Gasteiger partial charge on any atom is 0.310 e. The van der Waals surface area contributed by atoms with Gasteiger partial charge in [0, 0.05) is 19.3 Å². The molecule has 5 aliphatic carbocycles. The van der Waals surface area contributed by atoms with E-state index in [0.29, 0.717) is 30.1 Å². The average Bonchev–Trinajstić information content (AvgIpc) is 2.83. The van der Waals surface area contributed by atoms with Crippen molar-refractivity contribution in [3.05, 3.63) is 11.6 Å². The number of esters is 2. The number of carbonyl (C=O) groups excluding carboxylic acids is 2. The van der Waals surface area contributed by atoms with Crippen LogP contribution >= 0.6 is 0 Å². The lowest BCUT2D eigenvalue weighted by Crippen LogP contribution is -2.68. The summed E-state index contributed by atoms with van der Waals surface area (Å²) in [6, 6.07) is 0. The molecular formula is C34H52O6. The van der Waals surface area contributed by atoms with Crippen LogP contribution in [-0.4, -0.2) is 35.2 Å². The van der Waals surface area contributed by atoms with E-state index in [2.05, 4.69) is 54.5 Å². The van der Waals surface area contributed by atoms with Gasteiger partial charge in [-0.05, 0) is 97.2 Å². The highest BCUT2D eigenvalue weighted by Crippen LogP contribution is 2.76. The number of allylic oxidation sites excluding steroid dienone is 2. The summed E-state index contributed by atoms with van der Waals surface area (Å²) in [7, 11) is 0. The van der Waals surface area contributed by atoms with Crippen LogP contribution < -0.4 is 0 Å². The Bertz CT molecular complexity index is 1120. The van der Waals surface area contributed by atoms with Gasteiger partial charge in [0.2, 0.25) is 0 Å². The van der Waals surface area contributed by atoms with Crippen LogP contribution in [0.3, 0.4) is 0 Å². The fraction of sp³-hybridized carbons (Fsp3) is 0.853. The summed E-state index contributed by atoms with van der Waals surface area (Å²) in [5.41, 5.74) is 0.219. The summed E-state index contributed by atoms with van der Waals surface area (Å²) >= 11 is 0. The zero-order valence-corrected chi connectivity index (χ0v) is 26.3. The summed E-state index contributed by atoms with van der Waals surface area (Å²) in [5, 5.41) is 10.6. The van der Waals surface area contributed by atoms with E-state index in [0.717, 1.165) is 44.9 Å². The van der Waals surface area contributed by atoms with Gasteiger partial charge in [0.05, 0.1) is 5.41 Å². The third-order valence-corrected chi connectivity index (χ3v) is 13.9. The summed E-state index contributed by atoms with van der Waals surface area (Å²) < 4.78 is 11.8. The molecule has 0 aromatic heterocycles. The second-order valence-electron chi connectivity index (χ2n) is 15.8. The second kappa shape index (κ2) is 9.33. The normalized spacial score (nSPS) is 49.2. The van der Waals surface area contributed by atoms with E-state index >= 15 is 0 Å². The molecule has 224 valence electrons. The number of fused-ring (bicyclic) bond motifs is 7. The zero-order chi connectivity index (χ0) is 29.6. The number of hydrogen-bond donors (Lipinski definition) is 1. The molecule has 3 unspecified atom stereocenters. The van der Waals surface area contributed by atoms with Gasteiger partial charge >= 0.3 is 17.9 Å². The third-order valence-electron chi connectivity index (χ3n) is 13.9. The molecule has 0 spiro atoms. The third kappa shape index (κ3) is 3.82. The molecular weight excluding hydrogens is 504 g/mol. The number of carbonyl (C=O) groups is 3. The van der Waals surface area contributed by atoms with Crippen LogP contribution in [0.4, 0.5) is 0 Å². The Hall–Kier alpha value is -1.85. The standard InChI is InChI=1S/C34H52O6/c1-19-12-15-34(29(37)38)17-16-32(8)23(27(34)20(19)2)10-11-26-31(7)18-24(39-21(3)35)28(40-22(4)36)30(5,6)25(31)13-14-33(26,32)9/h10,19-20,24-28H,11-18H2,1-9H3,(H,37,38)/t19-,20+,24?,25?,26-,27+,28?,31+,32-,33-,34+/m1/s1. The van der Waals surface area contributed by atoms with Gasteiger partial charge in [0.15, 0.2) is 0 Å². The summed E-state index contributed by atoms with van der Waals surface area (Å²) in [4.78, 5) is 37.4. The minimum Gasteiger partial charge on any atom is -0.481 e. The van der Waals surface area contributed by atoms with E-state index in [9.17, 15) is 19.5 Å². The number of rotatable bonds is 3. The summed E-state index contributed by atoms with van der Waals surface area (Å²) in [5.74, 6) is 0.333. The number of carboxylic acids is 1. The van der Waals surface area contributed by atoms with Gasteiger partial charge in [-0.2, -0.15) is 0 Å². The Kier molecular flexibility index (Phi) is 6.91. The van der Waals surface area contributed by atoms with Gasteiger partial charge < -0.3 is 14.6 Å². The highest BCUT2D eigenvalue weighted by atomic mass is 16.6. The first kappa shape index (κ1) is 29.6. The van der Waals surface area contributed by atoms with E-state index in [-0.39, 0.29) is 39.5 Å². The van der Waals surface area contributed by atoms with Gasteiger partial charge in [-0.3, -0.25) is 14.4 Å². The van der Waals surface area contributed by atoms with Crippen LogP contribution in [0, 0.1) is 56.7 Å². The fourth-order valence-corrected chi connectivity index (χ4v) is 11.7. The van der Waals surface area contributed by atoms with Crippen LogP contribution in [-0.2, 0) is 23.9 Å². The molecule has 0 aromatic rings. The largest absolute Gasteiger partial charge is 0.481 e. The van der Waals surface area contributed by atoms with Crippen molar-refractivity contribution in [3.63, 3.8) is 0 Å². The van der Waals surface area contributed by atoms with Crippen LogP contribution in [0.5, 0.6) is 0 Å². The molecule has 6 nitrogen and oxygen atoms in total. The molecule has 11 atom stereocenters. The molecule has 0 heterocycles. The number of carboxylic acid groups (broad SMARTS) is 1. The minimum absolute atomic E-state index is 0.00146. The van der Waals surface area contributed by atoms with Crippen molar-refractivity contribution in [2.75, 3.05) is 0 Å². The Morgan fingerprint density at radius 2 is 1.52 bits per heavy atom. The first-order valence-corrected chi connectivity index (χ1v) is 15.7. The molecule has 5 aliphatic rings. The van der Waals surface area contributed by atoms with Gasteiger partial charge in [-0.25, -0.2) is 0 Å². The maximum absolute atomic E-state index is 12.9. The molecule has 4 fully saturated rings. The van der Waals surface area contributed by atoms with Gasteiger partial charge in [-0.15, -0.1) is 0 Å². The van der Waals surface area contributed by atoms with Crippen molar-refractivity contribution in [1.29, 1.82) is 0 Å². The molecule has 5 rings (SSSR count). The van der Waals surface area contributed by atoms with Crippen LogP contribution in [0.2, 0.25) is 0 Å². The molecule has 0 aliphatic heterocycles. The van der Waals surface area contributed by atoms with Crippen molar-refractivity contribution in [1.82, 2.24) is 0 Å². The zero-order valence-electron chi connectivity index (χ0n) is 26.3. The molecule has 0 bridgehead atoms. The van der Waals surface area contributed by atoms with Gasteiger partial charge in [0.25, 0.3) is 0 Å². The number of aliphatic carboxylic acids is 1. The van der Waals surface area contributed by atoms with Crippen molar-refractivity contribution in [2.24, 2.45) is 56.7 Å². The highest BCUT2D eigenvalue weighted by molar-refractivity contribution is 5.76. The molecule has 0 radical (unpaired) electrons. The van der Waals surface area contributed by atoms with Crippen molar-refractivity contribution < 1.29 is 29.0 Å². The first-order valence-electron chi connectivity index (χ1n) is 15.7. The fourth-order valence-electron chi connectivity index (χ4n) is 11.7. The molecule has 0 amide bonds. The Balaban J connectivity index is 1.60. The number of hydrogen-bond acceptors (Lipinski definition) is 5. The maximum atomic E-state index is 12.9. The van der Waals surface area contributed by atoms with Gasteiger partial charge in [0.1, 0.15) is 12.2 Å². The van der Waals surface area contributed by atoms with E-state index in [1.54, 1.807) is 0 Å². The SMILES string of the molecule is CC(=O)OC1C[C@@]2(C)C(CC[C@]3(C)[C@@H]2CC=C2[C@@H]4[C@@H](C)[C@H](C)CC[C@]4(C(=O)O)CC[C@]23C)C(C)(C)C1OC(C)=O. The smallest absolute Gasteiger partial charge is 0.310 e. The lowest BCUT2D eigenvalue weighted by molar-refractivity contribution is -0.244. The second-order valence-corrected chi connectivity index (χ2v) is 15.8. The minimum atomic E-state index is -0.647. The average molecular weight is 557 g/mol. The van der Waals surface area contributed by atoms with Crippen LogP contribution in [0.1, 0.15) is 114 Å². The van der Waals surface area contributed by atoms with Crippen molar-refractivity contribution >= 4 is 17.9 Å². The molecule has 0 saturated heterocycles. The highest BCUT2D eigenvalue weighted by Gasteiger charge is 2.71. The van der Waals surface area contributed by atoms with E-state index < -0.39 is 23.6 Å². The van der Waals surface area contributed by atoms with E-state index in [4.69, 9.17) is 9.47 Å². The Labute approximate surface area is 241 Å². The molecule has 0 aromatic carbocycles. The predicted molar refractivity (Wildman–Crippen MR) is 153 cm³/mol. The Morgan fingerprint density at radius 3 is 2.12 bits per heavy atom.